The zero-order chi connectivity index (χ0) is 15.4. The van der Waals surface area contributed by atoms with Gasteiger partial charge in [-0.25, -0.2) is 0 Å². The summed E-state index contributed by atoms with van der Waals surface area (Å²) in [5, 5.41) is 2.95. The molecular formula is C18H22N2O. The van der Waals surface area contributed by atoms with E-state index < -0.39 is 0 Å². The highest BCUT2D eigenvalue weighted by Gasteiger charge is 2.10. The molecule has 2 aromatic rings. The summed E-state index contributed by atoms with van der Waals surface area (Å²) in [4.78, 5) is 12.1. The maximum absolute atomic E-state index is 12.1. The normalized spacial score (nSPS) is 10.4. The van der Waals surface area contributed by atoms with Gasteiger partial charge in [-0.2, -0.15) is 0 Å². The van der Waals surface area contributed by atoms with E-state index in [1.165, 1.54) is 11.1 Å². The summed E-state index contributed by atoms with van der Waals surface area (Å²) in [6, 6.07) is 11.9. The van der Waals surface area contributed by atoms with Crippen molar-refractivity contribution in [1.82, 2.24) is 0 Å². The number of anilines is 2. The van der Waals surface area contributed by atoms with Crippen molar-refractivity contribution in [3.05, 3.63) is 58.7 Å². The number of hydrogen-bond acceptors (Lipinski definition) is 2. The third kappa shape index (κ3) is 3.63. The van der Waals surface area contributed by atoms with E-state index in [1.807, 2.05) is 38.1 Å². The van der Waals surface area contributed by atoms with Crippen LogP contribution in [-0.2, 0) is 11.2 Å². The van der Waals surface area contributed by atoms with Gasteiger partial charge in [-0.15, -0.1) is 0 Å². The number of nitrogen functional groups attached to an aromatic ring is 1. The minimum Gasteiger partial charge on any atom is -0.397 e. The first-order valence-electron chi connectivity index (χ1n) is 7.19. The maximum atomic E-state index is 12.1. The first-order valence-corrected chi connectivity index (χ1v) is 7.19. The Morgan fingerprint density at radius 3 is 2.48 bits per heavy atom. The Morgan fingerprint density at radius 2 is 1.76 bits per heavy atom. The molecule has 1 amide bonds. The molecule has 0 radical (unpaired) electrons. The van der Waals surface area contributed by atoms with Crippen molar-refractivity contribution in [2.75, 3.05) is 11.1 Å². The van der Waals surface area contributed by atoms with Gasteiger partial charge >= 0.3 is 0 Å². The van der Waals surface area contributed by atoms with E-state index in [0.29, 0.717) is 12.1 Å². The van der Waals surface area contributed by atoms with Crippen LogP contribution in [0.15, 0.2) is 36.4 Å². The van der Waals surface area contributed by atoms with E-state index >= 15 is 0 Å². The topological polar surface area (TPSA) is 55.1 Å². The zero-order valence-corrected chi connectivity index (χ0v) is 12.9. The van der Waals surface area contributed by atoms with E-state index in [4.69, 9.17) is 5.73 Å². The second-order valence-corrected chi connectivity index (χ2v) is 5.45. The lowest BCUT2D eigenvalue weighted by Crippen LogP contribution is -2.15. The number of carbonyl (C=O) groups excluding carboxylic acids is 1. The number of hydrogen-bond donors (Lipinski definition) is 2. The Morgan fingerprint density at radius 1 is 1.05 bits per heavy atom. The molecule has 0 unspecified atom stereocenters. The molecule has 3 nitrogen and oxygen atoms in total. The lowest BCUT2D eigenvalue weighted by Gasteiger charge is -2.13. The highest BCUT2D eigenvalue weighted by Crippen LogP contribution is 2.26. The Bertz CT molecular complexity index is 662. The molecule has 0 atom stereocenters. The fourth-order valence-corrected chi connectivity index (χ4v) is 2.34. The van der Waals surface area contributed by atoms with Crippen LogP contribution in [-0.4, -0.2) is 5.91 Å². The lowest BCUT2D eigenvalue weighted by atomic mass is 10.0. The molecule has 2 rings (SSSR count). The molecule has 0 aliphatic rings. The lowest BCUT2D eigenvalue weighted by molar-refractivity contribution is -0.116. The molecule has 3 heteroatoms. The number of benzene rings is 2. The van der Waals surface area contributed by atoms with Crippen molar-refractivity contribution >= 4 is 17.3 Å². The van der Waals surface area contributed by atoms with Gasteiger partial charge in [-0.05, 0) is 55.5 Å². The van der Waals surface area contributed by atoms with Crippen LogP contribution >= 0.6 is 0 Å². The average Bonchev–Trinajstić information content (AvgIpc) is 2.47. The molecule has 0 spiro atoms. The van der Waals surface area contributed by atoms with Gasteiger partial charge in [-0.3, -0.25) is 4.79 Å². The number of nitrogens with one attached hydrogen (secondary N) is 1. The summed E-state index contributed by atoms with van der Waals surface area (Å²) < 4.78 is 0. The zero-order valence-electron chi connectivity index (χ0n) is 12.9. The smallest absolute Gasteiger partial charge is 0.224 e. The highest BCUT2D eigenvalue weighted by molar-refractivity contribution is 5.95. The van der Waals surface area contributed by atoms with E-state index in [0.717, 1.165) is 23.2 Å². The molecule has 3 N–H and O–H groups in total. The Labute approximate surface area is 126 Å². The highest BCUT2D eigenvalue weighted by atomic mass is 16.1. The third-order valence-corrected chi connectivity index (χ3v) is 3.92. The van der Waals surface area contributed by atoms with Crippen molar-refractivity contribution in [1.29, 1.82) is 0 Å². The third-order valence-electron chi connectivity index (χ3n) is 3.92. The number of aryl methyl sites for hydroxylation is 3. The monoisotopic (exact) mass is 282 g/mol. The van der Waals surface area contributed by atoms with Crippen molar-refractivity contribution < 1.29 is 4.79 Å². The summed E-state index contributed by atoms with van der Waals surface area (Å²) >= 11 is 0. The summed E-state index contributed by atoms with van der Waals surface area (Å²) in [6.07, 6.45) is 1.20. The fraction of sp³-hybridized carbons (Fsp3) is 0.278. The average molecular weight is 282 g/mol. The van der Waals surface area contributed by atoms with Crippen LogP contribution in [0.1, 0.15) is 28.7 Å². The summed E-state index contributed by atoms with van der Waals surface area (Å²) in [5.74, 6) is -0.00125. The molecule has 0 fully saturated rings. The maximum Gasteiger partial charge on any atom is 0.224 e. The predicted octanol–water partition coefficient (Wildman–Crippen LogP) is 3.77. The van der Waals surface area contributed by atoms with E-state index in [1.54, 1.807) is 0 Å². The molecule has 110 valence electrons. The van der Waals surface area contributed by atoms with E-state index in [-0.39, 0.29) is 5.91 Å². The van der Waals surface area contributed by atoms with Crippen LogP contribution in [0.4, 0.5) is 11.4 Å². The second kappa shape index (κ2) is 6.44. The van der Waals surface area contributed by atoms with E-state index in [9.17, 15) is 4.79 Å². The number of carbonyl (C=O) groups is 1. The predicted molar refractivity (Wildman–Crippen MR) is 88.5 cm³/mol. The van der Waals surface area contributed by atoms with Crippen LogP contribution in [0.2, 0.25) is 0 Å². The van der Waals surface area contributed by atoms with Gasteiger partial charge in [0.1, 0.15) is 0 Å². The largest absolute Gasteiger partial charge is 0.397 e. The standard InChI is InChI=1S/C18H22N2O/c1-12-8-10-16(19)18(14(12)3)20-17(21)11-9-15-7-5-4-6-13(15)2/h4-8,10H,9,11,19H2,1-3H3,(H,20,21). The SMILES string of the molecule is Cc1ccccc1CCC(=O)Nc1c(N)ccc(C)c1C. The fourth-order valence-electron chi connectivity index (χ4n) is 2.34. The van der Waals surface area contributed by atoms with Gasteiger partial charge in [0.05, 0.1) is 11.4 Å². The first kappa shape index (κ1) is 15.1. The van der Waals surface area contributed by atoms with Gasteiger partial charge in [0.25, 0.3) is 0 Å². The van der Waals surface area contributed by atoms with Gasteiger partial charge in [0.15, 0.2) is 0 Å². The minimum atomic E-state index is -0.00125. The van der Waals surface area contributed by atoms with Gasteiger partial charge in [-0.1, -0.05) is 30.3 Å². The van der Waals surface area contributed by atoms with Crippen LogP contribution in [0.25, 0.3) is 0 Å². The van der Waals surface area contributed by atoms with Crippen molar-refractivity contribution in [3.8, 4) is 0 Å². The molecule has 0 aliphatic carbocycles. The number of nitrogens with two attached hydrogens (primary N) is 1. The van der Waals surface area contributed by atoms with Crippen molar-refractivity contribution in [2.45, 2.75) is 33.6 Å². The van der Waals surface area contributed by atoms with Crippen LogP contribution in [0, 0.1) is 20.8 Å². The Hall–Kier alpha value is -2.29. The summed E-state index contributed by atoms with van der Waals surface area (Å²) in [5.41, 5.74) is 11.9. The van der Waals surface area contributed by atoms with Crippen LogP contribution in [0.3, 0.4) is 0 Å². The van der Waals surface area contributed by atoms with Gasteiger partial charge in [0.2, 0.25) is 5.91 Å². The molecular weight excluding hydrogens is 260 g/mol. The quantitative estimate of drug-likeness (QED) is 0.839. The van der Waals surface area contributed by atoms with Gasteiger partial charge < -0.3 is 11.1 Å². The van der Waals surface area contributed by atoms with Crippen LogP contribution < -0.4 is 11.1 Å². The molecule has 2 aromatic carbocycles. The van der Waals surface area contributed by atoms with Crippen LogP contribution in [0.5, 0.6) is 0 Å². The Kier molecular flexibility index (Phi) is 4.63. The molecule has 0 saturated heterocycles. The van der Waals surface area contributed by atoms with Crippen molar-refractivity contribution in [3.63, 3.8) is 0 Å². The Balaban J connectivity index is 2.03. The second-order valence-electron chi connectivity index (χ2n) is 5.45. The molecule has 0 aliphatic heterocycles. The molecule has 0 saturated carbocycles. The molecule has 0 heterocycles. The molecule has 0 aromatic heterocycles. The first-order chi connectivity index (χ1) is 9.99. The molecule has 0 bridgehead atoms. The molecule has 21 heavy (non-hydrogen) atoms. The van der Waals surface area contributed by atoms with Gasteiger partial charge in [0, 0.05) is 6.42 Å². The summed E-state index contributed by atoms with van der Waals surface area (Å²) in [7, 11) is 0. The van der Waals surface area contributed by atoms with E-state index in [2.05, 4.69) is 24.4 Å². The number of rotatable bonds is 4. The van der Waals surface area contributed by atoms with Crippen molar-refractivity contribution in [2.24, 2.45) is 0 Å². The number of amides is 1. The summed E-state index contributed by atoms with van der Waals surface area (Å²) in [6.45, 7) is 6.05. The minimum absolute atomic E-state index is 0.00125.